The van der Waals surface area contributed by atoms with E-state index in [0.29, 0.717) is 17.7 Å². The standard InChI is InChI=1S/C33H38N2O8/c1-33(2,3)43-32(40)35-29(27(31(38)39)20-24-10-6-4-7-11-24)30(37)34-19-18-23-14-16-26(17-15-23)41-22-28(36)42-21-25-12-8-5-9-13-25/h4-17,27,29H,18-22H2,1-3H3,(H,34,37)(H,35,40)(H,38,39)/t27-,29?/m0/s1. The van der Waals surface area contributed by atoms with Gasteiger partial charge in [0.15, 0.2) is 6.61 Å². The molecule has 0 aliphatic rings. The first-order chi connectivity index (χ1) is 20.5. The molecule has 0 spiro atoms. The Hall–Kier alpha value is -4.86. The summed E-state index contributed by atoms with van der Waals surface area (Å²) in [6.07, 6.45) is -0.419. The summed E-state index contributed by atoms with van der Waals surface area (Å²) in [6.45, 7) is 5.15. The van der Waals surface area contributed by atoms with Crippen molar-refractivity contribution in [2.24, 2.45) is 5.92 Å². The predicted octanol–water partition coefficient (Wildman–Crippen LogP) is 4.30. The molecule has 228 valence electrons. The number of carboxylic acids is 1. The summed E-state index contributed by atoms with van der Waals surface area (Å²) in [5.41, 5.74) is 1.64. The molecule has 0 fully saturated rings. The third-order valence-electron chi connectivity index (χ3n) is 6.21. The average molecular weight is 591 g/mol. The first kappa shape index (κ1) is 32.7. The maximum absolute atomic E-state index is 13.2. The van der Waals surface area contributed by atoms with Gasteiger partial charge in [-0.3, -0.25) is 9.59 Å². The van der Waals surface area contributed by atoms with E-state index in [9.17, 15) is 24.3 Å². The Balaban J connectivity index is 1.54. The Morgan fingerprint density at radius 1 is 0.814 bits per heavy atom. The molecule has 0 saturated heterocycles. The molecule has 0 radical (unpaired) electrons. The predicted molar refractivity (Wildman–Crippen MR) is 159 cm³/mol. The number of carboxylic acid groups (broad SMARTS) is 1. The highest BCUT2D eigenvalue weighted by molar-refractivity contribution is 5.90. The highest BCUT2D eigenvalue weighted by Gasteiger charge is 2.36. The van der Waals surface area contributed by atoms with E-state index in [-0.39, 0.29) is 26.2 Å². The number of alkyl carbamates (subject to hydrolysis) is 1. The monoisotopic (exact) mass is 590 g/mol. The number of amides is 2. The lowest BCUT2D eigenvalue weighted by Crippen LogP contribution is -2.54. The number of ether oxygens (including phenoxy) is 3. The van der Waals surface area contributed by atoms with Crippen LogP contribution in [0.1, 0.15) is 37.5 Å². The van der Waals surface area contributed by atoms with Gasteiger partial charge in [-0.25, -0.2) is 9.59 Å². The fourth-order valence-electron chi connectivity index (χ4n) is 4.11. The third kappa shape index (κ3) is 11.9. The minimum Gasteiger partial charge on any atom is -0.482 e. The number of carbonyl (C=O) groups excluding carboxylic acids is 3. The van der Waals surface area contributed by atoms with Crippen molar-refractivity contribution in [2.45, 2.75) is 51.9 Å². The number of rotatable bonds is 14. The smallest absolute Gasteiger partial charge is 0.408 e. The average Bonchev–Trinajstić information content (AvgIpc) is 2.97. The molecule has 10 heteroatoms. The van der Waals surface area contributed by atoms with Crippen LogP contribution >= 0.6 is 0 Å². The van der Waals surface area contributed by atoms with Crippen molar-refractivity contribution in [1.29, 1.82) is 0 Å². The van der Waals surface area contributed by atoms with E-state index in [4.69, 9.17) is 14.2 Å². The summed E-state index contributed by atoms with van der Waals surface area (Å²) in [6, 6.07) is 23.9. The van der Waals surface area contributed by atoms with E-state index in [1.54, 1.807) is 69.3 Å². The molecule has 3 aromatic rings. The maximum Gasteiger partial charge on any atom is 0.408 e. The van der Waals surface area contributed by atoms with Gasteiger partial charge in [0.05, 0.1) is 5.92 Å². The van der Waals surface area contributed by atoms with E-state index in [0.717, 1.165) is 11.1 Å². The number of nitrogens with one attached hydrogen (secondary N) is 2. The highest BCUT2D eigenvalue weighted by Crippen LogP contribution is 2.16. The molecule has 0 aromatic heterocycles. The molecule has 10 nitrogen and oxygen atoms in total. The fourth-order valence-corrected chi connectivity index (χ4v) is 4.11. The third-order valence-corrected chi connectivity index (χ3v) is 6.21. The molecular weight excluding hydrogens is 552 g/mol. The molecule has 1 unspecified atom stereocenters. The largest absolute Gasteiger partial charge is 0.482 e. The van der Waals surface area contributed by atoms with Crippen LogP contribution < -0.4 is 15.4 Å². The van der Waals surface area contributed by atoms with Gasteiger partial charge in [-0.2, -0.15) is 0 Å². The summed E-state index contributed by atoms with van der Waals surface area (Å²) in [5.74, 6) is -3.10. The summed E-state index contributed by atoms with van der Waals surface area (Å²) in [4.78, 5) is 50.0. The van der Waals surface area contributed by atoms with Crippen LogP contribution in [0.15, 0.2) is 84.9 Å². The first-order valence-electron chi connectivity index (χ1n) is 14.0. The molecular formula is C33H38N2O8. The van der Waals surface area contributed by atoms with E-state index in [1.807, 2.05) is 36.4 Å². The Bertz CT molecular complexity index is 1340. The number of esters is 1. The summed E-state index contributed by atoms with van der Waals surface area (Å²) in [5, 5.41) is 15.2. The molecule has 0 saturated carbocycles. The molecule has 2 amide bonds. The second kappa shape index (κ2) is 16.0. The molecule has 43 heavy (non-hydrogen) atoms. The van der Waals surface area contributed by atoms with Crippen LogP contribution in [0.4, 0.5) is 4.79 Å². The Labute approximate surface area is 251 Å². The minimum atomic E-state index is -1.37. The van der Waals surface area contributed by atoms with Crippen molar-refractivity contribution < 1.29 is 38.5 Å². The molecule has 0 aliphatic carbocycles. The number of hydrogen-bond acceptors (Lipinski definition) is 7. The minimum absolute atomic E-state index is 0.0331. The van der Waals surface area contributed by atoms with Crippen molar-refractivity contribution in [2.75, 3.05) is 13.2 Å². The van der Waals surface area contributed by atoms with Crippen molar-refractivity contribution in [1.82, 2.24) is 10.6 Å². The number of benzene rings is 3. The summed E-state index contributed by atoms with van der Waals surface area (Å²) >= 11 is 0. The van der Waals surface area contributed by atoms with Crippen LogP contribution in [-0.4, -0.2) is 53.8 Å². The Morgan fingerprint density at radius 2 is 1.42 bits per heavy atom. The Morgan fingerprint density at radius 3 is 2.00 bits per heavy atom. The van der Waals surface area contributed by atoms with Gasteiger partial charge in [0.2, 0.25) is 5.91 Å². The zero-order chi connectivity index (χ0) is 31.2. The van der Waals surface area contributed by atoms with Crippen LogP contribution in [0.3, 0.4) is 0 Å². The van der Waals surface area contributed by atoms with Crippen molar-refractivity contribution >= 4 is 23.9 Å². The van der Waals surface area contributed by atoms with Crippen molar-refractivity contribution in [3.05, 3.63) is 102 Å². The van der Waals surface area contributed by atoms with Crippen molar-refractivity contribution in [3.63, 3.8) is 0 Å². The quantitative estimate of drug-likeness (QED) is 0.236. The Kier molecular flexibility index (Phi) is 12.1. The molecule has 2 atom stereocenters. The summed E-state index contributed by atoms with van der Waals surface area (Å²) in [7, 11) is 0. The zero-order valence-corrected chi connectivity index (χ0v) is 24.6. The van der Waals surface area contributed by atoms with Gasteiger partial charge in [-0.15, -0.1) is 0 Å². The molecule has 3 rings (SSSR count). The van der Waals surface area contributed by atoms with E-state index in [1.165, 1.54) is 0 Å². The van der Waals surface area contributed by atoms with Gasteiger partial charge in [-0.1, -0.05) is 72.8 Å². The van der Waals surface area contributed by atoms with E-state index < -0.39 is 41.5 Å². The van der Waals surface area contributed by atoms with Crippen LogP contribution in [0, 0.1) is 5.92 Å². The molecule has 3 N–H and O–H groups in total. The number of aliphatic carboxylic acids is 1. The van der Waals surface area contributed by atoms with Gasteiger partial charge in [0, 0.05) is 6.54 Å². The molecule has 0 aliphatic heterocycles. The molecule has 3 aromatic carbocycles. The lowest BCUT2D eigenvalue weighted by molar-refractivity contribution is -0.147. The molecule has 0 bridgehead atoms. The first-order valence-corrected chi connectivity index (χ1v) is 14.0. The highest BCUT2D eigenvalue weighted by atomic mass is 16.6. The van der Waals surface area contributed by atoms with Crippen LogP contribution in [0.5, 0.6) is 5.75 Å². The molecule has 0 heterocycles. The van der Waals surface area contributed by atoms with Crippen molar-refractivity contribution in [3.8, 4) is 5.75 Å². The summed E-state index contributed by atoms with van der Waals surface area (Å²) < 4.78 is 16.0. The van der Waals surface area contributed by atoms with Gasteiger partial charge in [-0.05, 0) is 62.4 Å². The fraction of sp³-hybridized carbons (Fsp3) is 0.333. The van der Waals surface area contributed by atoms with Gasteiger partial charge in [0.1, 0.15) is 24.0 Å². The normalized spacial score (nSPS) is 12.3. The van der Waals surface area contributed by atoms with E-state index in [2.05, 4.69) is 10.6 Å². The SMILES string of the molecule is CC(C)(C)OC(=O)NC(C(=O)NCCc1ccc(OCC(=O)OCc2ccccc2)cc1)[C@H](Cc1ccccc1)C(=O)O. The van der Waals surface area contributed by atoms with Gasteiger partial charge < -0.3 is 30.0 Å². The van der Waals surface area contributed by atoms with Crippen LogP contribution in [0.25, 0.3) is 0 Å². The van der Waals surface area contributed by atoms with Gasteiger partial charge in [0.25, 0.3) is 0 Å². The van der Waals surface area contributed by atoms with Crippen LogP contribution in [0.2, 0.25) is 0 Å². The van der Waals surface area contributed by atoms with E-state index >= 15 is 0 Å². The maximum atomic E-state index is 13.2. The lowest BCUT2D eigenvalue weighted by Gasteiger charge is -2.27. The second-order valence-corrected chi connectivity index (χ2v) is 10.9. The topological polar surface area (TPSA) is 140 Å². The van der Waals surface area contributed by atoms with Crippen LogP contribution in [-0.2, 0) is 43.3 Å². The number of hydrogen-bond donors (Lipinski definition) is 3. The van der Waals surface area contributed by atoms with Gasteiger partial charge >= 0.3 is 18.0 Å². The lowest BCUT2D eigenvalue weighted by atomic mass is 9.91. The zero-order valence-electron chi connectivity index (χ0n) is 24.6. The second-order valence-electron chi connectivity index (χ2n) is 10.9. The number of carbonyl (C=O) groups is 4.